The lowest BCUT2D eigenvalue weighted by Gasteiger charge is -2.37. The Hall–Kier alpha value is -0.120. The topological polar surface area (TPSA) is 27.7 Å². The predicted molar refractivity (Wildman–Crippen MR) is 57.7 cm³/mol. The molecule has 1 saturated heterocycles. The van der Waals surface area contributed by atoms with Crippen LogP contribution in [0, 0.1) is 0 Å². The van der Waals surface area contributed by atoms with Crippen LogP contribution in [0.15, 0.2) is 0 Å². The standard InChI is InChI=1S/C12H22O3/c1-11(2,3)15-10-4-6-12(7-5-10)13-8-9-14-12/h10H,4-9H2,1-3H3. The first-order valence-electron chi connectivity index (χ1n) is 5.95. The predicted octanol–water partition coefficient (Wildman–Crippen LogP) is 2.49. The molecule has 2 aliphatic rings. The van der Waals surface area contributed by atoms with Crippen molar-refractivity contribution in [2.24, 2.45) is 0 Å². The van der Waals surface area contributed by atoms with Gasteiger partial charge in [0.15, 0.2) is 5.79 Å². The summed E-state index contributed by atoms with van der Waals surface area (Å²) in [7, 11) is 0. The van der Waals surface area contributed by atoms with Crippen LogP contribution in [-0.2, 0) is 14.2 Å². The zero-order valence-electron chi connectivity index (χ0n) is 10.0. The minimum Gasteiger partial charge on any atom is -0.373 e. The zero-order valence-corrected chi connectivity index (χ0v) is 10.0. The van der Waals surface area contributed by atoms with Gasteiger partial charge in [0, 0.05) is 12.8 Å². The van der Waals surface area contributed by atoms with Crippen molar-refractivity contribution in [3.63, 3.8) is 0 Å². The highest BCUT2D eigenvalue weighted by molar-refractivity contribution is 4.83. The molecule has 3 heteroatoms. The molecule has 1 aliphatic carbocycles. The second-order valence-corrected chi connectivity index (χ2v) is 5.54. The lowest BCUT2D eigenvalue weighted by atomic mass is 9.91. The maximum Gasteiger partial charge on any atom is 0.168 e. The summed E-state index contributed by atoms with van der Waals surface area (Å²) in [4.78, 5) is 0. The Morgan fingerprint density at radius 1 is 1.07 bits per heavy atom. The molecule has 0 radical (unpaired) electrons. The van der Waals surface area contributed by atoms with E-state index in [9.17, 15) is 0 Å². The molecule has 3 nitrogen and oxygen atoms in total. The molecule has 0 amide bonds. The van der Waals surface area contributed by atoms with Crippen LogP contribution in [0.5, 0.6) is 0 Å². The van der Waals surface area contributed by atoms with Gasteiger partial charge in [-0.05, 0) is 33.6 Å². The zero-order chi connectivity index (χ0) is 10.9. The lowest BCUT2D eigenvalue weighted by Crippen LogP contribution is -2.39. The summed E-state index contributed by atoms with van der Waals surface area (Å²) in [6, 6.07) is 0. The van der Waals surface area contributed by atoms with Gasteiger partial charge in [-0.2, -0.15) is 0 Å². The Labute approximate surface area is 92.1 Å². The first-order valence-corrected chi connectivity index (χ1v) is 5.95. The summed E-state index contributed by atoms with van der Waals surface area (Å²) in [5.41, 5.74) is -0.0352. The first-order chi connectivity index (χ1) is 6.99. The molecular weight excluding hydrogens is 192 g/mol. The molecule has 0 aromatic carbocycles. The van der Waals surface area contributed by atoms with Gasteiger partial charge in [0.05, 0.1) is 24.9 Å². The summed E-state index contributed by atoms with van der Waals surface area (Å²) in [5.74, 6) is -0.252. The minimum atomic E-state index is -0.252. The Morgan fingerprint density at radius 3 is 2.07 bits per heavy atom. The summed E-state index contributed by atoms with van der Waals surface area (Å²) in [6.45, 7) is 7.84. The molecule has 0 aromatic heterocycles. The molecule has 0 unspecified atom stereocenters. The average Bonchev–Trinajstić information content (AvgIpc) is 2.56. The molecule has 1 spiro atoms. The van der Waals surface area contributed by atoms with Gasteiger partial charge < -0.3 is 14.2 Å². The second kappa shape index (κ2) is 4.04. The Kier molecular flexibility index (Phi) is 3.06. The van der Waals surface area contributed by atoms with Gasteiger partial charge in [0.25, 0.3) is 0 Å². The van der Waals surface area contributed by atoms with E-state index in [1.54, 1.807) is 0 Å². The van der Waals surface area contributed by atoms with E-state index in [4.69, 9.17) is 14.2 Å². The molecule has 2 rings (SSSR count). The molecule has 0 N–H and O–H groups in total. The van der Waals surface area contributed by atoms with Crippen molar-refractivity contribution in [2.45, 2.75) is 63.9 Å². The fraction of sp³-hybridized carbons (Fsp3) is 1.00. The van der Waals surface area contributed by atoms with Crippen LogP contribution in [0.3, 0.4) is 0 Å². The van der Waals surface area contributed by atoms with E-state index in [0.29, 0.717) is 6.10 Å². The van der Waals surface area contributed by atoms with E-state index in [2.05, 4.69) is 20.8 Å². The molecule has 15 heavy (non-hydrogen) atoms. The van der Waals surface area contributed by atoms with Crippen molar-refractivity contribution >= 4 is 0 Å². The largest absolute Gasteiger partial charge is 0.373 e. The average molecular weight is 214 g/mol. The molecule has 0 aromatic rings. The second-order valence-electron chi connectivity index (χ2n) is 5.54. The van der Waals surface area contributed by atoms with Crippen molar-refractivity contribution in [2.75, 3.05) is 13.2 Å². The van der Waals surface area contributed by atoms with Gasteiger partial charge in [-0.1, -0.05) is 0 Å². The van der Waals surface area contributed by atoms with Crippen LogP contribution in [0.25, 0.3) is 0 Å². The smallest absolute Gasteiger partial charge is 0.168 e. The Morgan fingerprint density at radius 2 is 1.60 bits per heavy atom. The Bertz CT molecular complexity index is 203. The van der Waals surface area contributed by atoms with Gasteiger partial charge in [0.1, 0.15) is 0 Å². The maximum absolute atomic E-state index is 5.97. The molecule has 1 heterocycles. The third-order valence-electron chi connectivity index (χ3n) is 3.03. The van der Waals surface area contributed by atoms with E-state index in [0.717, 1.165) is 38.9 Å². The maximum atomic E-state index is 5.97. The number of rotatable bonds is 1. The molecule has 0 atom stereocenters. The van der Waals surface area contributed by atoms with Crippen LogP contribution >= 0.6 is 0 Å². The van der Waals surface area contributed by atoms with Crippen LogP contribution < -0.4 is 0 Å². The highest BCUT2D eigenvalue weighted by Crippen LogP contribution is 2.37. The van der Waals surface area contributed by atoms with Crippen molar-refractivity contribution in [1.82, 2.24) is 0 Å². The Balaban J connectivity index is 1.81. The first kappa shape index (κ1) is 11.4. The molecular formula is C12H22O3. The summed E-state index contributed by atoms with van der Waals surface area (Å²) < 4.78 is 17.3. The van der Waals surface area contributed by atoms with Crippen molar-refractivity contribution in [3.05, 3.63) is 0 Å². The van der Waals surface area contributed by atoms with E-state index < -0.39 is 0 Å². The number of hydrogen-bond acceptors (Lipinski definition) is 3. The van der Waals surface area contributed by atoms with E-state index in [-0.39, 0.29) is 11.4 Å². The number of ether oxygens (including phenoxy) is 3. The van der Waals surface area contributed by atoms with Gasteiger partial charge in [-0.15, -0.1) is 0 Å². The lowest BCUT2D eigenvalue weighted by molar-refractivity contribution is -0.200. The molecule has 1 aliphatic heterocycles. The quantitative estimate of drug-likeness (QED) is 0.671. The van der Waals surface area contributed by atoms with Crippen molar-refractivity contribution in [3.8, 4) is 0 Å². The summed E-state index contributed by atoms with van der Waals surface area (Å²) >= 11 is 0. The van der Waals surface area contributed by atoms with Gasteiger partial charge in [-0.25, -0.2) is 0 Å². The highest BCUT2D eigenvalue weighted by atomic mass is 16.7. The van der Waals surface area contributed by atoms with Crippen LogP contribution in [0.2, 0.25) is 0 Å². The molecule has 0 bridgehead atoms. The highest BCUT2D eigenvalue weighted by Gasteiger charge is 2.41. The third-order valence-corrected chi connectivity index (χ3v) is 3.03. The number of hydrogen-bond donors (Lipinski definition) is 0. The van der Waals surface area contributed by atoms with Crippen LogP contribution in [0.4, 0.5) is 0 Å². The molecule has 2 fully saturated rings. The van der Waals surface area contributed by atoms with Crippen LogP contribution in [0.1, 0.15) is 46.5 Å². The van der Waals surface area contributed by atoms with Crippen molar-refractivity contribution in [1.29, 1.82) is 0 Å². The normalized spacial score (nSPS) is 27.4. The summed E-state index contributed by atoms with van der Waals surface area (Å²) in [6.07, 6.45) is 4.44. The minimum absolute atomic E-state index is 0.0352. The van der Waals surface area contributed by atoms with E-state index in [1.807, 2.05) is 0 Å². The third kappa shape index (κ3) is 2.92. The monoisotopic (exact) mass is 214 g/mol. The van der Waals surface area contributed by atoms with E-state index in [1.165, 1.54) is 0 Å². The SMILES string of the molecule is CC(C)(C)OC1CCC2(CC1)OCCO2. The van der Waals surface area contributed by atoms with Gasteiger partial charge in [-0.3, -0.25) is 0 Å². The molecule has 88 valence electrons. The fourth-order valence-electron chi connectivity index (χ4n) is 2.43. The summed E-state index contributed by atoms with van der Waals surface area (Å²) in [5, 5.41) is 0. The van der Waals surface area contributed by atoms with Crippen LogP contribution in [-0.4, -0.2) is 30.7 Å². The van der Waals surface area contributed by atoms with Gasteiger partial charge >= 0.3 is 0 Å². The van der Waals surface area contributed by atoms with Crippen molar-refractivity contribution < 1.29 is 14.2 Å². The fourth-order valence-corrected chi connectivity index (χ4v) is 2.43. The van der Waals surface area contributed by atoms with Gasteiger partial charge in [0.2, 0.25) is 0 Å². The van der Waals surface area contributed by atoms with E-state index >= 15 is 0 Å². The molecule has 1 saturated carbocycles.